The number of hydrogen-bond donors (Lipinski definition) is 1. The van der Waals surface area contributed by atoms with Crippen molar-refractivity contribution in [3.63, 3.8) is 0 Å². The van der Waals surface area contributed by atoms with Gasteiger partial charge in [-0.25, -0.2) is 4.79 Å². The molecular formula is C8H11N3O2. The monoisotopic (exact) mass is 181 g/mol. The Balaban J connectivity index is 2.72. The highest BCUT2D eigenvalue weighted by atomic mass is 16.2. The van der Waals surface area contributed by atoms with Crippen molar-refractivity contribution >= 4 is 5.69 Å². The molecule has 1 saturated carbocycles. The number of hydrogen-bond acceptors (Lipinski definition) is 3. The van der Waals surface area contributed by atoms with E-state index in [2.05, 4.69) is 0 Å². The van der Waals surface area contributed by atoms with Gasteiger partial charge in [0.25, 0.3) is 5.56 Å². The SMILES string of the molecule is Cn1c(=O)c(N)cn(C2CC2)c1=O. The van der Waals surface area contributed by atoms with E-state index in [1.165, 1.54) is 17.8 Å². The molecule has 13 heavy (non-hydrogen) atoms. The first-order chi connectivity index (χ1) is 6.11. The minimum atomic E-state index is -0.415. The Morgan fingerprint density at radius 1 is 1.46 bits per heavy atom. The summed E-state index contributed by atoms with van der Waals surface area (Å²) in [6.07, 6.45) is 3.44. The Hall–Kier alpha value is -1.52. The van der Waals surface area contributed by atoms with Crippen LogP contribution in [0.1, 0.15) is 18.9 Å². The number of nitrogens with zero attached hydrogens (tertiary/aromatic N) is 2. The molecule has 0 spiro atoms. The summed E-state index contributed by atoms with van der Waals surface area (Å²) >= 11 is 0. The summed E-state index contributed by atoms with van der Waals surface area (Å²) in [6.45, 7) is 0. The summed E-state index contributed by atoms with van der Waals surface area (Å²) < 4.78 is 2.59. The van der Waals surface area contributed by atoms with E-state index in [0.717, 1.165) is 17.4 Å². The predicted octanol–water partition coefficient (Wildman–Crippen LogP) is -0.536. The highest BCUT2D eigenvalue weighted by Crippen LogP contribution is 2.33. The minimum Gasteiger partial charge on any atom is -0.393 e. The molecule has 1 aliphatic rings. The zero-order valence-electron chi connectivity index (χ0n) is 7.36. The van der Waals surface area contributed by atoms with Gasteiger partial charge >= 0.3 is 5.69 Å². The van der Waals surface area contributed by atoms with Crippen molar-refractivity contribution in [2.24, 2.45) is 7.05 Å². The zero-order valence-corrected chi connectivity index (χ0v) is 7.36. The maximum Gasteiger partial charge on any atom is 0.331 e. The van der Waals surface area contributed by atoms with Gasteiger partial charge in [-0.05, 0) is 12.8 Å². The second kappa shape index (κ2) is 2.48. The van der Waals surface area contributed by atoms with Crippen LogP contribution in [0.4, 0.5) is 5.69 Å². The molecule has 5 heteroatoms. The van der Waals surface area contributed by atoms with Crippen molar-refractivity contribution in [1.82, 2.24) is 9.13 Å². The van der Waals surface area contributed by atoms with E-state index in [9.17, 15) is 9.59 Å². The fourth-order valence-electron chi connectivity index (χ4n) is 1.33. The van der Waals surface area contributed by atoms with Crippen LogP contribution in [0.2, 0.25) is 0 Å². The molecule has 0 aliphatic heterocycles. The Morgan fingerprint density at radius 3 is 2.62 bits per heavy atom. The lowest BCUT2D eigenvalue weighted by molar-refractivity contribution is 0.620. The lowest BCUT2D eigenvalue weighted by Crippen LogP contribution is -2.38. The van der Waals surface area contributed by atoms with E-state index in [1.807, 2.05) is 0 Å². The molecule has 0 aromatic carbocycles. The number of rotatable bonds is 1. The normalized spacial score (nSPS) is 16.1. The number of nitrogen functional groups attached to an aromatic ring is 1. The largest absolute Gasteiger partial charge is 0.393 e. The summed E-state index contributed by atoms with van der Waals surface area (Å²) in [5.74, 6) is 0. The first-order valence-corrected chi connectivity index (χ1v) is 4.19. The van der Waals surface area contributed by atoms with E-state index in [0.29, 0.717) is 0 Å². The molecule has 0 amide bonds. The average molecular weight is 181 g/mol. The van der Waals surface area contributed by atoms with Gasteiger partial charge in [0.2, 0.25) is 0 Å². The molecule has 1 aromatic rings. The Labute approximate surface area is 74.4 Å². The molecule has 2 N–H and O–H groups in total. The van der Waals surface area contributed by atoms with E-state index < -0.39 is 5.56 Å². The van der Waals surface area contributed by atoms with Crippen LogP contribution < -0.4 is 17.0 Å². The van der Waals surface area contributed by atoms with Crippen LogP contribution in [0.25, 0.3) is 0 Å². The van der Waals surface area contributed by atoms with Gasteiger partial charge in [0.15, 0.2) is 0 Å². The minimum absolute atomic E-state index is 0.133. The third kappa shape index (κ3) is 1.16. The van der Waals surface area contributed by atoms with E-state index in [1.54, 1.807) is 0 Å². The van der Waals surface area contributed by atoms with Crippen LogP contribution in [0, 0.1) is 0 Å². The second-order valence-electron chi connectivity index (χ2n) is 3.37. The van der Waals surface area contributed by atoms with Crippen molar-refractivity contribution in [2.45, 2.75) is 18.9 Å². The highest BCUT2D eigenvalue weighted by Gasteiger charge is 2.25. The quantitative estimate of drug-likeness (QED) is 0.632. The van der Waals surface area contributed by atoms with Crippen molar-refractivity contribution < 1.29 is 0 Å². The molecule has 0 bridgehead atoms. The van der Waals surface area contributed by atoms with Crippen molar-refractivity contribution in [3.05, 3.63) is 27.0 Å². The van der Waals surface area contributed by atoms with Gasteiger partial charge in [-0.15, -0.1) is 0 Å². The molecule has 0 atom stereocenters. The average Bonchev–Trinajstić information content (AvgIpc) is 2.91. The highest BCUT2D eigenvalue weighted by molar-refractivity contribution is 5.31. The van der Waals surface area contributed by atoms with Crippen molar-refractivity contribution in [1.29, 1.82) is 0 Å². The molecule has 0 saturated heterocycles. The Kier molecular flexibility index (Phi) is 1.55. The topological polar surface area (TPSA) is 70.0 Å². The summed E-state index contributed by atoms with van der Waals surface area (Å²) in [4.78, 5) is 22.7. The zero-order chi connectivity index (χ0) is 9.59. The Morgan fingerprint density at radius 2 is 2.08 bits per heavy atom. The van der Waals surface area contributed by atoms with E-state index in [-0.39, 0.29) is 17.4 Å². The summed E-state index contributed by atoms with van der Waals surface area (Å²) in [5.41, 5.74) is 4.91. The molecule has 1 aromatic heterocycles. The van der Waals surface area contributed by atoms with Crippen molar-refractivity contribution in [3.8, 4) is 0 Å². The van der Waals surface area contributed by atoms with Crippen LogP contribution >= 0.6 is 0 Å². The third-order valence-corrected chi connectivity index (χ3v) is 2.28. The second-order valence-corrected chi connectivity index (χ2v) is 3.37. The van der Waals surface area contributed by atoms with Crippen LogP contribution in [0.15, 0.2) is 15.8 Å². The van der Waals surface area contributed by atoms with Gasteiger partial charge in [-0.3, -0.25) is 13.9 Å². The van der Waals surface area contributed by atoms with Gasteiger partial charge in [0, 0.05) is 19.3 Å². The van der Waals surface area contributed by atoms with Gasteiger partial charge in [-0.2, -0.15) is 0 Å². The molecule has 2 rings (SSSR count). The van der Waals surface area contributed by atoms with Crippen LogP contribution in [-0.4, -0.2) is 9.13 Å². The molecule has 5 nitrogen and oxygen atoms in total. The fraction of sp³-hybridized carbons (Fsp3) is 0.500. The van der Waals surface area contributed by atoms with E-state index in [4.69, 9.17) is 5.73 Å². The fourth-order valence-corrected chi connectivity index (χ4v) is 1.33. The first kappa shape index (κ1) is 8.10. The number of anilines is 1. The van der Waals surface area contributed by atoms with Crippen LogP contribution in [0.3, 0.4) is 0 Å². The lowest BCUT2D eigenvalue weighted by atomic mass is 10.5. The molecular weight excluding hydrogens is 170 g/mol. The molecule has 1 aliphatic carbocycles. The molecule has 1 heterocycles. The third-order valence-electron chi connectivity index (χ3n) is 2.28. The first-order valence-electron chi connectivity index (χ1n) is 4.19. The number of aromatic nitrogens is 2. The predicted molar refractivity (Wildman–Crippen MR) is 48.6 cm³/mol. The summed E-state index contributed by atoms with van der Waals surface area (Å²) in [6, 6.07) is 0.251. The summed E-state index contributed by atoms with van der Waals surface area (Å²) in [5, 5.41) is 0. The maximum absolute atomic E-state index is 11.5. The molecule has 1 fully saturated rings. The Bertz CT molecular complexity index is 453. The lowest BCUT2D eigenvalue weighted by Gasteiger charge is -2.06. The van der Waals surface area contributed by atoms with Gasteiger partial charge in [0.1, 0.15) is 5.69 Å². The smallest absolute Gasteiger partial charge is 0.331 e. The van der Waals surface area contributed by atoms with Gasteiger partial charge < -0.3 is 5.73 Å². The van der Waals surface area contributed by atoms with E-state index >= 15 is 0 Å². The molecule has 70 valence electrons. The standard InChI is InChI=1S/C8H11N3O2/c1-10-7(12)6(9)4-11(8(10)13)5-2-3-5/h4-5H,2-3,9H2,1H3. The van der Waals surface area contributed by atoms with Crippen molar-refractivity contribution in [2.75, 3.05) is 5.73 Å². The van der Waals surface area contributed by atoms with Crippen LogP contribution in [0.5, 0.6) is 0 Å². The summed E-state index contributed by atoms with van der Waals surface area (Å²) in [7, 11) is 1.44. The maximum atomic E-state index is 11.5. The number of nitrogens with two attached hydrogens (primary N) is 1. The van der Waals surface area contributed by atoms with Gasteiger partial charge in [0.05, 0.1) is 0 Å². The molecule has 0 unspecified atom stereocenters. The van der Waals surface area contributed by atoms with Crippen LogP contribution in [-0.2, 0) is 7.05 Å². The van der Waals surface area contributed by atoms with Gasteiger partial charge in [-0.1, -0.05) is 0 Å². The molecule has 0 radical (unpaired) electrons.